The second kappa shape index (κ2) is 9.88. The Morgan fingerprint density at radius 2 is 1.92 bits per heavy atom. The van der Waals surface area contributed by atoms with Crippen LogP contribution in [-0.4, -0.2) is 52.4 Å². The number of furan rings is 1. The lowest BCUT2D eigenvalue weighted by molar-refractivity contribution is 0.0714. The summed E-state index contributed by atoms with van der Waals surface area (Å²) < 4.78 is 22.3. The molecule has 1 aliphatic heterocycles. The molecule has 0 unspecified atom stereocenters. The van der Waals surface area contributed by atoms with E-state index >= 15 is 4.39 Å². The number of carbonyl (C=O) groups excluding carboxylic acids is 2. The average molecular weight is 504 g/mol. The van der Waals surface area contributed by atoms with E-state index in [-0.39, 0.29) is 22.6 Å². The van der Waals surface area contributed by atoms with Crippen molar-refractivity contribution >= 4 is 34.2 Å². The number of hydrogen-bond acceptors (Lipinski definition) is 6. The lowest BCUT2D eigenvalue weighted by Gasteiger charge is -2.36. The largest absolute Gasteiger partial charge is 0.459 e. The molecule has 1 saturated heterocycles. The first kappa shape index (κ1) is 24.2. The van der Waals surface area contributed by atoms with E-state index in [2.05, 4.69) is 10.3 Å². The van der Waals surface area contributed by atoms with Crippen LogP contribution in [0.25, 0.3) is 10.9 Å². The maximum absolute atomic E-state index is 15.3. The predicted molar refractivity (Wildman–Crippen MR) is 138 cm³/mol. The average Bonchev–Trinajstić information content (AvgIpc) is 3.45. The van der Waals surface area contributed by atoms with Gasteiger partial charge in [0.25, 0.3) is 11.8 Å². The van der Waals surface area contributed by atoms with Crippen molar-refractivity contribution in [1.82, 2.24) is 14.5 Å². The van der Waals surface area contributed by atoms with Gasteiger partial charge in [0.2, 0.25) is 5.43 Å². The van der Waals surface area contributed by atoms with Crippen molar-refractivity contribution in [2.45, 2.75) is 20.4 Å². The molecule has 190 valence electrons. The fourth-order valence-electron chi connectivity index (χ4n) is 4.50. The summed E-state index contributed by atoms with van der Waals surface area (Å²) in [6.07, 6.45) is 4.56. The van der Waals surface area contributed by atoms with Gasteiger partial charge in [-0.3, -0.25) is 14.4 Å². The third-order valence-corrected chi connectivity index (χ3v) is 6.53. The van der Waals surface area contributed by atoms with Gasteiger partial charge in [0.15, 0.2) is 5.76 Å². The van der Waals surface area contributed by atoms with Crippen LogP contribution < -0.4 is 15.6 Å². The standard InChI is InChI=1S/C27H26FN5O4/c1-3-31-16-19(26(35)30-24-7-6-17(2)15-29-24)25(34)18-13-20(28)22(14-21(18)31)32-8-10-33(11-9-32)27(36)23-5-4-12-37-23/h4-7,12-16H,3,8-11H2,1-2H3,(H,29,30,35). The lowest BCUT2D eigenvalue weighted by Crippen LogP contribution is -2.49. The van der Waals surface area contributed by atoms with E-state index in [4.69, 9.17) is 4.42 Å². The first-order valence-corrected chi connectivity index (χ1v) is 12.0. The SMILES string of the molecule is CCn1cc(C(=O)Nc2ccc(C)cn2)c(=O)c2cc(F)c(N3CCN(C(=O)c4ccco4)CC3)cc21. The molecule has 0 radical (unpaired) electrons. The summed E-state index contributed by atoms with van der Waals surface area (Å²) >= 11 is 0. The van der Waals surface area contributed by atoms with E-state index < -0.39 is 17.2 Å². The summed E-state index contributed by atoms with van der Waals surface area (Å²) in [4.78, 5) is 46.3. The van der Waals surface area contributed by atoms with E-state index in [1.54, 1.807) is 46.0 Å². The Morgan fingerprint density at radius 3 is 2.57 bits per heavy atom. The van der Waals surface area contributed by atoms with E-state index in [1.807, 2.05) is 18.7 Å². The van der Waals surface area contributed by atoms with Gasteiger partial charge in [0.05, 0.1) is 17.5 Å². The van der Waals surface area contributed by atoms with Crippen LogP contribution in [0.5, 0.6) is 0 Å². The number of nitrogens with one attached hydrogen (secondary N) is 1. The van der Waals surface area contributed by atoms with Gasteiger partial charge in [0.1, 0.15) is 17.2 Å². The molecule has 3 aromatic heterocycles. The fraction of sp³-hybridized carbons (Fsp3) is 0.259. The molecule has 0 aliphatic carbocycles. The molecule has 1 fully saturated rings. The number of anilines is 2. The molecule has 1 aliphatic rings. The monoisotopic (exact) mass is 503 g/mol. The lowest BCUT2D eigenvalue weighted by atomic mass is 10.1. The molecule has 1 N–H and O–H groups in total. The molecule has 9 nitrogen and oxygen atoms in total. The van der Waals surface area contributed by atoms with Gasteiger partial charge < -0.3 is 24.1 Å². The molecule has 1 aromatic carbocycles. The van der Waals surface area contributed by atoms with Gasteiger partial charge in [-0.05, 0) is 49.7 Å². The maximum atomic E-state index is 15.3. The van der Waals surface area contributed by atoms with Crippen molar-refractivity contribution in [3.8, 4) is 0 Å². The zero-order valence-corrected chi connectivity index (χ0v) is 20.5. The number of piperazine rings is 1. The summed E-state index contributed by atoms with van der Waals surface area (Å²) in [5.74, 6) is -0.766. The highest BCUT2D eigenvalue weighted by molar-refractivity contribution is 6.05. The highest BCUT2D eigenvalue weighted by Gasteiger charge is 2.26. The molecule has 10 heteroatoms. The van der Waals surface area contributed by atoms with Crippen molar-refractivity contribution in [2.75, 3.05) is 36.4 Å². The second-order valence-corrected chi connectivity index (χ2v) is 8.91. The zero-order chi connectivity index (χ0) is 26.1. The number of aryl methyl sites for hydroxylation is 2. The molecular weight excluding hydrogens is 477 g/mol. The van der Waals surface area contributed by atoms with Crippen LogP contribution in [0.1, 0.15) is 33.4 Å². The van der Waals surface area contributed by atoms with Gasteiger partial charge in [-0.2, -0.15) is 0 Å². The zero-order valence-electron chi connectivity index (χ0n) is 20.5. The van der Waals surface area contributed by atoms with Crippen molar-refractivity contribution in [2.24, 2.45) is 0 Å². The summed E-state index contributed by atoms with van der Waals surface area (Å²) in [5.41, 5.74) is 1.18. The van der Waals surface area contributed by atoms with Crippen LogP contribution in [0, 0.1) is 12.7 Å². The van der Waals surface area contributed by atoms with E-state index in [1.165, 1.54) is 18.5 Å². The number of nitrogens with zero attached hydrogens (tertiary/aromatic N) is 4. The number of hydrogen-bond donors (Lipinski definition) is 1. The number of benzene rings is 1. The van der Waals surface area contributed by atoms with Crippen molar-refractivity contribution in [3.63, 3.8) is 0 Å². The summed E-state index contributed by atoms with van der Waals surface area (Å²) in [5, 5.41) is 2.76. The first-order valence-electron chi connectivity index (χ1n) is 12.0. The van der Waals surface area contributed by atoms with E-state index in [0.717, 1.165) is 5.56 Å². The Morgan fingerprint density at radius 1 is 1.14 bits per heavy atom. The highest BCUT2D eigenvalue weighted by atomic mass is 19.1. The number of halogens is 1. The van der Waals surface area contributed by atoms with Gasteiger partial charge >= 0.3 is 0 Å². The quantitative estimate of drug-likeness (QED) is 0.446. The Labute approximate surface area is 212 Å². The minimum absolute atomic E-state index is 0.0890. The third kappa shape index (κ3) is 4.69. The number of aromatic nitrogens is 2. The third-order valence-electron chi connectivity index (χ3n) is 6.53. The number of carbonyl (C=O) groups is 2. The molecule has 5 rings (SSSR count). The topological polar surface area (TPSA) is 101 Å². The Hall–Kier alpha value is -4.47. The van der Waals surface area contributed by atoms with Gasteiger partial charge in [-0.1, -0.05) is 6.07 Å². The maximum Gasteiger partial charge on any atom is 0.289 e. The second-order valence-electron chi connectivity index (χ2n) is 8.91. The van der Waals surface area contributed by atoms with Crippen molar-refractivity contribution in [1.29, 1.82) is 0 Å². The van der Waals surface area contributed by atoms with Gasteiger partial charge in [-0.15, -0.1) is 0 Å². The van der Waals surface area contributed by atoms with Crippen LogP contribution in [-0.2, 0) is 6.54 Å². The molecule has 0 bridgehead atoms. The Kier molecular flexibility index (Phi) is 6.47. The number of pyridine rings is 2. The molecule has 0 atom stereocenters. The first-order chi connectivity index (χ1) is 17.9. The van der Waals surface area contributed by atoms with Gasteiger partial charge in [0, 0.05) is 50.5 Å². The Bertz CT molecular complexity index is 1520. The van der Waals surface area contributed by atoms with Crippen molar-refractivity contribution < 1.29 is 18.4 Å². The molecule has 4 heterocycles. The minimum Gasteiger partial charge on any atom is -0.459 e. The summed E-state index contributed by atoms with van der Waals surface area (Å²) in [6.45, 7) is 5.90. The highest BCUT2D eigenvalue weighted by Crippen LogP contribution is 2.27. The van der Waals surface area contributed by atoms with Crippen LogP contribution in [0.15, 0.2) is 64.3 Å². The molecular formula is C27H26FN5O4. The number of rotatable bonds is 5. The van der Waals surface area contributed by atoms with Crippen LogP contribution in [0.2, 0.25) is 0 Å². The minimum atomic E-state index is -0.604. The van der Waals surface area contributed by atoms with Crippen LogP contribution in [0.3, 0.4) is 0 Å². The molecule has 4 aromatic rings. The smallest absolute Gasteiger partial charge is 0.289 e. The van der Waals surface area contributed by atoms with Crippen LogP contribution in [0.4, 0.5) is 15.9 Å². The normalized spacial score (nSPS) is 13.7. The summed E-state index contributed by atoms with van der Waals surface area (Å²) in [6, 6.07) is 9.57. The fourth-order valence-corrected chi connectivity index (χ4v) is 4.50. The van der Waals surface area contributed by atoms with E-state index in [0.29, 0.717) is 49.7 Å². The molecule has 37 heavy (non-hydrogen) atoms. The molecule has 0 saturated carbocycles. The Balaban J connectivity index is 1.42. The van der Waals surface area contributed by atoms with Crippen molar-refractivity contribution in [3.05, 3.63) is 88.0 Å². The number of amides is 2. The number of fused-ring (bicyclic) bond motifs is 1. The summed E-state index contributed by atoms with van der Waals surface area (Å²) in [7, 11) is 0. The van der Waals surface area contributed by atoms with Crippen LogP contribution >= 0.6 is 0 Å². The molecule has 2 amide bonds. The molecule has 0 spiro atoms. The van der Waals surface area contributed by atoms with Gasteiger partial charge in [-0.25, -0.2) is 9.37 Å². The van der Waals surface area contributed by atoms with E-state index in [9.17, 15) is 14.4 Å². The predicted octanol–water partition coefficient (Wildman–Crippen LogP) is 3.67.